The Morgan fingerprint density at radius 3 is 2.38 bits per heavy atom. The van der Waals surface area contributed by atoms with Crippen molar-refractivity contribution in [2.24, 2.45) is 4.99 Å². The number of guanidine groups is 1. The maximum atomic E-state index is 12.0. The van der Waals surface area contributed by atoms with Crippen LogP contribution in [0.4, 0.5) is 0 Å². The molecule has 1 saturated carbocycles. The van der Waals surface area contributed by atoms with Crippen LogP contribution in [-0.4, -0.2) is 62.8 Å². The lowest BCUT2D eigenvalue weighted by molar-refractivity contribution is -0.127. The van der Waals surface area contributed by atoms with Crippen LogP contribution in [0.3, 0.4) is 0 Å². The second kappa shape index (κ2) is 14.7. The zero-order valence-electron chi connectivity index (χ0n) is 19.5. The minimum atomic E-state index is 0. The zero-order chi connectivity index (χ0) is 21.9. The van der Waals surface area contributed by atoms with Crippen LogP contribution in [0, 0.1) is 0 Å². The number of ether oxygens (including phenoxy) is 2. The van der Waals surface area contributed by atoms with Gasteiger partial charge in [-0.2, -0.15) is 0 Å². The summed E-state index contributed by atoms with van der Waals surface area (Å²) in [6.07, 6.45) is 8.38. The van der Waals surface area contributed by atoms with Crippen LogP contribution in [0.2, 0.25) is 0 Å². The van der Waals surface area contributed by atoms with E-state index in [-0.39, 0.29) is 36.4 Å². The molecule has 32 heavy (non-hydrogen) atoms. The van der Waals surface area contributed by atoms with Gasteiger partial charge in [-0.3, -0.25) is 4.79 Å². The number of nitrogens with one attached hydrogen (secondary N) is 2. The molecule has 180 valence electrons. The van der Waals surface area contributed by atoms with Gasteiger partial charge in [-0.05, 0) is 36.8 Å². The molecule has 0 radical (unpaired) electrons. The third-order valence-electron chi connectivity index (χ3n) is 5.95. The summed E-state index contributed by atoms with van der Waals surface area (Å²) in [6, 6.07) is 8.87. The number of amides is 1. The fraction of sp³-hybridized carbons (Fsp3) is 0.667. The molecule has 2 fully saturated rings. The molecule has 1 aromatic carbocycles. The molecule has 1 aliphatic heterocycles. The first-order valence-electron chi connectivity index (χ1n) is 11.6. The van der Waals surface area contributed by atoms with Gasteiger partial charge in [-0.1, -0.05) is 43.5 Å². The summed E-state index contributed by atoms with van der Waals surface area (Å²) in [4.78, 5) is 18.3. The van der Waals surface area contributed by atoms with Gasteiger partial charge in [0.25, 0.3) is 0 Å². The molecule has 1 amide bonds. The van der Waals surface area contributed by atoms with E-state index in [1.807, 2.05) is 0 Å². The third-order valence-corrected chi connectivity index (χ3v) is 5.95. The summed E-state index contributed by atoms with van der Waals surface area (Å²) in [7, 11) is 3.53. The SMILES string of the molecule is CN(C)C(=O)CNC(=NCc1ccc(COC2CCOCC2)cc1)NC1CCCCC1.I. The van der Waals surface area contributed by atoms with E-state index in [0.717, 1.165) is 44.5 Å². The minimum absolute atomic E-state index is 0. The second-order valence-electron chi connectivity index (χ2n) is 8.73. The number of hydrogen-bond donors (Lipinski definition) is 2. The molecule has 1 saturated heterocycles. The Hall–Kier alpha value is -1.39. The summed E-state index contributed by atoms with van der Waals surface area (Å²) >= 11 is 0. The van der Waals surface area contributed by atoms with Crippen molar-refractivity contribution in [1.82, 2.24) is 15.5 Å². The molecule has 2 N–H and O–H groups in total. The first kappa shape index (κ1) is 26.9. The van der Waals surface area contributed by atoms with Gasteiger partial charge in [0, 0.05) is 33.4 Å². The average Bonchev–Trinajstić information content (AvgIpc) is 2.81. The van der Waals surface area contributed by atoms with Crippen molar-refractivity contribution in [3.05, 3.63) is 35.4 Å². The maximum absolute atomic E-state index is 12.0. The molecule has 0 bridgehead atoms. The van der Waals surface area contributed by atoms with E-state index >= 15 is 0 Å². The molecule has 1 heterocycles. The van der Waals surface area contributed by atoms with Gasteiger partial charge >= 0.3 is 0 Å². The smallest absolute Gasteiger partial charge is 0.241 e. The Morgan fingerprint density at radius 2 is 1.72 bits per heavy atom. The lowest BCUT2D eigenvalue weighted by Crippen LogP contribution is -2.47. The summed E-state index contributed by atoms with van der Waals surface area (Å²) < 4.78 is 11.4. The van der Waals surface area contributed by atoms with Crippen LogP contribution >= 0.6 is 24.0 Å². The summed E-state index contributed by atoms with van der Waals surface area (Å²) in [5.74, 6) is 0.751. The van der Waals surface area contributed by atoms with Crippen LogP contribution in [0.5, 0.6) is 0 Å². The Bertz CT molecular complexity index is 700. The number of aliphatic imine (C=N–C) groups is 1. The number of likely N-dealkylation sites (N-methyl/N-ethyl adjacent to an activating group) is 1. The van der Waals surface area contributed by atoms with Crippen LogP contribution in [0.15, 0.2) is 29.3 Å². The standard InChI is InChI=1S/C24H38N4O3.HI/c1-28(2)23(29)17-26-24(27-21-6-4-3-5-7-21)25-16-19-8-10-20(11-9-19)18-31-22-12-14-30-15-13-22;/h8-11,21-22H,3-7,12-18H2,1-2H3,(H2,25,26,27);1H. The van der Waals surface area contributed by atoms with Crippen molar-refractivity contribution in [1.29, 1.82) is 0 Å². The van der Waals surface area contributed by atoms with Crippen molar-refractivity contribution < 1.29 is 14.3 Å². The Labute approximate surface area is 209 Å². The second-order valence-corrected chi connectivity index (χ2v) is 8.73. The van der Waals surface area contributed by atoms with E-state index in [0.29, 0.717) is 31.3 Å². The molecular formula is C24H39IN4O3. The first-order chi connectivity index (χ1) is 15.1. The number of rotatable bonds is 8. The van der Waals surface area contributed by atoms with Crippen LogP contribution < -0.4 is 10.6 Å². The molecule has 3 rings (SSSR count). The van der Waals surface area contributed by atoms with E-state index in [4.69, 9.17) is 14.5 Å². The van der Waals surface area contributed by atoms with Gasteiger partial charge in [0.05, 0.1) is 25.8 Å². The van der Waals surface area contributed by atoms with Crippen molar-refractivity contribution in [2.75, 3.05) is 33.9 Å². The molecule has 1 aliphatic carbocycles. The summed E-state index contributed by atoms with van der Waals surface area (Å²) in [6.45, 7) is 3.05. The minimum Gasteiger partial charge on any atom is -0.381 e. The van der Waals surface area contributed by atoms with Crippen molar-refractivity contribution in [3.8, 4) is 0 Å². The summed E-state index contributed by atoms with van der Waals surface area (Å²) in [5, 5.41) is 6.73. The largest absolute Gasteiger partial charge is 0.381 e. The van der Waals surface area contributed by atoms with Gasteiger partial charge < -0.3 is 25.0 Å². The van der Waals surface area contributed by atoms with Crippen LogP contribution in [0.25, 0.3) is 0 Å². The fourth-order valence-corrected chi connectivity index (χ4v) is 3.88. The molecule has 0 aromatic heterocycles. The highest BCUT2D eigenvalue weighted by Gasteiger charge is 2.16. The van der Waals surface area contributed by atoms with E-state index in [1.54, 1.807) is 19.0 Å². The molecule has 0 atom stereocenters. The third kappa shape index (κ3) is 9.62. The number of nitrogens with zero attached hydrogens (tertiary/aromatic N) is 2. The average molecular weight is 559 g/mol. The number of halogens is 1. The molecule has 2 aliphatic rings. The zero-order valence-corrected chi connectivity index (χ0v) is 21.8. The molecule has 0 unspecified atom stereocenters. The number of benzene rings is 1. The molecule has 8 heteroatoms. The lowest BCUT2D eigenvalue weighted by atomic mass is 9.96. The van der Waals surface area contributed by atoms with Gasteiger partial charge in [0.1, 0.15) is 0 Å². The van der Waals surface area contributed by atoms with E-state index in [1.165, 1.54) is 24.8 Å². The van der Waals surface area contributed by atoms with E-state index in [9.17, 15) is 4.79 Å². The van der Waals surface area contributed by atoms with Gasteiger partial charge in [0.15, 0.2) is 5.96 Å². The highest BCUT2D eigenvalue weighted by molar-refractivity contribution is 14.0. The Morgan fingerprint density at radius 1 is 1.06 bits per heavy atom. The molecule has 0 spiro atoms. The van der Waals surface area contributed by atoms with Gasteiger partial charge in [-0.25, -0.2) is 4.99 Å². The summed E-state index contributed by atoms with van der Waals surface area (Å²) in [5.41, 5.74) is 2.31. The van der Waals surface area contributed by atoms with Crippen molar-refractivity contribution >= 4 is 35.8 Å². The number of hydrogen-bond acceptors (Lipinski definition) is 4. The molecule has 7 nitrogen and oxygen atoms in total. The van der Waals surface area contributed by atoms with E-state index in [2.05, 4.69) is 34.9 Å². The lowest BCUT2D eigenvalue weighted by Gasteiger charge is -2.25. The van der Waals surface area contributed by atoms with Crippen molar-refractivity contribution in [2.45, 2.75) is 70.2 Å². The Kier molecular flexibility index (Phi) is 12.3. The predicted octanol–water partition coefficient (Wildman–Crippen LogP) is 3.46. The van der Waals surface area contributed by atoms with Crippen molar-refractivity contribution in [3.63, 3.8) is 0 Å². The van der Waals surface area contributed by atoms with Gasteiger partial charge in [-0.15, -0.1) is 24.0 Å². The fourth-order valence-electron chi connectivity index (χ4n) is 3.88. The topological polar surface area (TPSA) is 75.2 Å². The number of carbonyl (C=O) groups excluding carboxylic acids is 1. The number of carbonyl (C=O) groups is 1. The quantitative estimate of drug-likeness (QED) is 0.291. The molecule has 1 aromatic rings. The van der Waals surface area contributed by atoms with Gasteiger partial charge in [0.2, 0.25) is 5.91 Å². The maximum Gasteiger partial charge on any atom is 0.241 e. The highest BCUT2D eigenvalue weighted by Crippen LogP contribution is 2.17. The van der Waals surface area contributed by atoms with Crippen LogP contribution in [-0.2, 0) is 27.4 Å². The van der Waals surface area contributed by atoms with E-state index < -0.39 is 0 Å². The molecular weight excluding hydrogens is 519 g/mol. The van der Waals surface area contributed by atoms with Crippen LogP contribution in [0.1, 0.15) is 56.1 Å². The normalized spacial score (nSPS) is 18.0. The highest BCUT2D eigenvalue weighted by atomic mass is 127. The Balaban J connectivity index is 0.00000363. The predicted molar refractivity (Wildman–Crippen MR) is 138 cm³/mol. The first-order valence-corrected chi connectivity index (χ1v) is 11.6. The monoisotopic (exact) mass is 558 g/mol.